The number of carbonyl (C=O) groups is 1. The largest absolute Gasteiger partial charge is 0.365 e. The lowest BCUT2D eigenvalue weighted by Crippen LogP contribution is -2.43. The highest BCUT2D eigenvalue weighted by Gasteiger charge is 2.23. The number of nitrogen functional groups attached to an aromatic ring is 1. The summed E-state index contributed by atoms with van der Waals surface area (Å²) in [5.41, 5.74) is 13.6. The molecule has 0 saturated heterocycles. The minimum atomic E-state index is -0.680. The average Bonchev–Trinajstić information content (AvgIpc) is 2.68. The lowest BCUT2D eigenvalue weighted by molar-refractivity contribution is -0.658. The monoisotopic (exact) mass is 360 g/mol. The molecule has 1 amide bonds. The SMILES string of the molecule is NC(=O)c1cc2c(=O)n3ccccc3nc2[n+](CCc2ccccc2)c1N. The molecule has 0 radical (unpaired) electrons. The van der Waals surface area contributed by atoms with Crippen molar-refractivity contribution in [2.75, 3.05) is 5.73 Å². The number of primary amides is 1. The van der Waals surface area contributed by atoms with Crippen LogP contribution < -0.4 is 21.6 Å². The summed E-state index contributed by atoms with van der Waals surface area (Å²) in [6.45, 7) is 0.461. The zero-order chi connectivity index (χ0) is 19.0. The molecule has 4 N–H and O–H groups in total. The smallest absolute Gasteiger partial charge is 0.278 e. The number of carbonyl (C=O) groups excluding carboxylic acids is 1. The van der Waals surface area contributed by atoms with Crippen LogP contribution in [0.1, 0.15) is 15.9 Å². The van der Waals surface area contributed by atoms with E-state index < -0.39 is 5.91 Å². The van der Waals surface area contributed by atoms with Gasteiger partial charge in [0.2, 0.25) is 11.5 Å². The summed E-state index contributed by atoms with van der Waals surface area (Å²) >= 11 is 0. The highest BCUT2D eigenvalue weighted by molar-refractivity contribution is 5.99. The molecule has 27 heavy (non-hydrogen) atoms. The van der Waals surface area contributed by atoms with Crippen molar-refractivity contribution < 1.29 is 9.36 Å². The Morgan fingerprint density at radius 1 is 1.11 bits per heavy atom. The fourth-order valence-electron chi connectivity index (χ4n) is 3.21. The van der Waals surface area contributed by atoms with E-state index in [4.69, 9.17) is 11.5 Å². The van der Waals surface area contributed by atoms with Gasteiger partial charge in [0.25, 0.3) is 17.1 Å². The molecule has 7 heteroatoms. The normalized spacial score (nSPS) is 11.1. The Bertz CT molecular complexity index is 1230. The van der Waals surface area contributed by atoms with Crippen LogP contribution in [-0.2, 0) is 13.0 Å². The van der Waals surface area contributed by atoms with E-state index in [1.165, 1.54) is 10.5 Å². The van der Waals surface area contributed by atoms with Crippen molar-refractivity contribution in [1.82, 2.24) is 9.38 Å². The molecule has 0 aliphatic carbocycles. The highest BCUT2D eigenvalue weighted by Crippen LogP contribution is 2.14. The topological polar surface area (TPSA) is 107 Å². The van der Waals surface area contributed by atoms with Gasteiger partial charge in [-0.2, -0.15) is 0 Å². The van der Waals surface area contributed by atoms with Gasteiger partial charge in [-0.1, -0.05) is 41.4 Å². The number of nitrogens with two attached hydrogens (primary N) is 2. The standard InChI is InChI=1S/C20H17N5O2/c21-17-14(18(22)26)12-15-19(23-16-8-4-5-10-24(16)20(15)27)25(17)11-9-13-6-2-1-3-7-13/h1-8,10,12,21H,9,11H2,(H2,22,26)/p+1. The summed E-state index contributed by atoms with van der Waals surface area (Å²) in [6.07, 6.45) is 2.31. The van der Waals surface area contributed by atoms with Gasteiger partial charge < -0.3 is 11.5 Å². The summed E-state index contributed by atoms with van der Waals surface area (Å²) < 4.78 is 3.13. The molecule has 0 aliphatic rings. The molecule has 1 aromatic carbocycles. The van der Waals surface area contributed by atoms with Crippen LogP contribution in [0.15, 0.2) is 65.6 Å². The molecule has 3 aromatic heterocycles. The lowest BCUT2D eigenvalue weighted by Gasteiger charge is -2.11. The van der Waals surface area contributed by atoms with Crippen LogP contribution >= 0.6 is 0 Å². The zero-order valence-corrected chi connectivity index (χ0v) is 14.5. The number of pyridine rings is 2. The third-order valence-electron chi connectivity index (χ3n) is 4.59. The molecule has 0 unspecified atom stereocenters. The average molecular weight is 360 g/mol. The number of aromatic nitrogens is 3. The first-order valence-corrected chi connectivity index (χ1v) is 8.53. The molecule has 4 aromatic rings. The maximum atomic E-state index is 12.9. The van der Waals surface area contributed by atoms with Gasteiger partial charge in [0.1, 0.15) is 10.9 Å². The lowest BCUT2D eigenvalue weighted by atomic mass is 10.1. The Morgan fingerprint density at radius 2 is 1.85 bits per heavy atom. The van der Waals surface area contributed by atoms with Crippen molar-refractivity contribution in [1.29, 1.82) is 0 Å². The fourth-order valence-corrected chi connectivity index (χ4v) is 3.21. The van der Waals surface area contributed by atoms with Crippen LogP contribution in [0.5, 0.6) is 0 Å². The predicted octanol–water partition coefficient (Wildman–Crippen LogP) is 1.06. The molecule has 4 rings (SSSR count). The van der Waals surface area contributed by atoms with Crippen LogP contribution in [0, 0.1) is 0 Å². The molecule has 0 bridgehead atoms. The third-order valence-corrected chi connectivity index (χ3v) is 4.59. The van der Waals surface area contributed by atoms with Gasteiger partial charge in [0, 0.05) is 12.6 Å². The molecular weight excluding hydrogens is 342 g/mol. The van der Waals surface area contributed by atoms with Gasteiger partial charge in [0.05, 0.1) is 6.54 Å². The van der Waals surface area contributed by atoms with E-state index in [0.717, 1.165) is 5.56 Å². The highest BCUT2D eigenvalue weighted by atomic mass is 16.1. The molecular formula is C20H18N5O2+. The fraction of sp³-hybridized carbons (Fsp3) is 0.100. The summed E-state index contributed by atoms with van der Waals surface area (Å²) in [5, 5.41) is 0.301. The molecule has 0 saturated carbocycles. The van der Waals surface area contributed by atoms with Gasteiger partial charge >= 0.3 is 0 Å². The molecule has 3 heterocycles. The summed E-state index contributed by atoms with van der Waals surface area (Å²) in [7, 11) is 0. The van der Waals surface area contributed by atoms with E-state index in [0.29, 0.717) is 29.6 Å². The number of rotatable bonds is 4. The number of benzene rings is 1. The van der Waals surface area contributed by atoms with Crippen LogP contribution in [0.25, 0.3) is 16.7 Å². The van der Waals surface area contributed by atoms with Crippen LogP contribution in [0.3, 0.4) is 0 Å². The Labute approximate surface area is 154 Å². The van der Waals surface area contributed by atoms with Crippen LogP contribution in [-0.4, -0.2) is 15.3 Å². The Kier molecular flexibility index (Phi) is 4.04. The summed E-state index contributed by atoms with van der Waals surface area (Å²) in [6, 6.07) is 16.6. The van der Waals surface area contributed by atoms with Gasteiger partial charge in [-0.15, -0.1) is 0 Å². The molecule has 134 valence electrons. The number of hydrogen-bond donors (Lipinski definition) is 2. The van der Waals surface area contributed by atoms with E-state index in [9.17, 15) is 9.59 Å². The predicted molar refractivity (Wildman–Crippen MR) is 102 cm³/mol. The minimum absolute atomic E-state index is 0.116. The second-order valence-electron chi connectivity index (χ2n) is 6.28. The quantitative estimate of drug-likeness (QED) is 0.419. The van der Waals surface area contributed by atoms with E-state index in [2.05, 4.69) is 4.98 Å². The van der Waals surface area contributed by atoms with Gasteiger partial charge in [-0.25, -0.2) is 4.57 Å². The number of amides is 1. The molecule has 0 atom stereocenters. The molecule has 7 nitrogen and oxygen atoms in total. The molecule has 0 spiro atoms. The second kappa shape index (κ2) is 6.53. The first-order chi connectivity index (χ1) is 13.1. The minimum Gasteiger partial charge on any atom is -0.365 e. The number of aryl methyl sites for hydroxylation is 2. The Morgan fingerprint density at radius 3 is 2.59 bits per heavy atom. The number of anilines is 1. The van der Waals surface area contributed by atoms with Crippen molar-refractivity contribution in [3.05, 3.63) is 82.3 Å². The van der Waals surface area contributed by atoms with Crippen LogP contribution in [0.4, 0.5) is 5.82 Å². The van der Waals surface area contributed by atoms with E-state index in [1.807, 2.05) is 36.4 Å². The first kappa shape index (κ1) is 16.7. The van der Waals surface area contributed by atoms with Crippen molar-refractivity contribution in [3.63, 3.8) is 0 Å². The van der Waals surface area contributed by atoms with Gasteiger partial charge in [0.15, 0.2) is 0 Å². The maximum absolute atomic E-state index is 12.9. The molecule has 0 aliphatic heterocycles. The van der Waals surface area contributed by atoms with Crippen molar-refractivity contribution in [3.8, 4) is 0 Å². The number of fused-ring (bicyclic) bond motifs is 2. The Balaban J connectivity index is 1.97. The molecule has 0 fully saturated rings. The maximum Gasteiger partial charge on any atom is 0.278 e. The van der Waals surface area contributed by atoms with Crippen molar-refractivity contribution in [2.45, 2.75) is 13.0 Å². The van der Waals surface area contributed by atoms with Crippen LogP contribution in [0.2, 0.25) is 0 Å². The summed E-state index contributed by atoms with van der Waals surface area (Å²) in [5.74, 6) is -0.474. The number of nitrogens with zero attached hydrogens (tertiary/aromatic N) is 3. The summed E-state index contributed by atoms with van der Waals surface area (Å²) in [4.78, 5) is 29.4. The zero-order valence-electron chi connectivity index (χ0n) is 14.5. The van der Waals surface area contributed by atoms with Gasteiger partial charge in [-0.05, 0) is 23.8 Å². The van der Waals surface area contributed by atoms with E-state index >= 15 is 0 Å². The Hall–Kier alpha value is -3.74. The van der Waals surface area contributed by atoms with Gasteiger partial charge in [-0.3, -0.25) is 14.0 Å². The second-order valence-corrected chi connectivity index (χ2v) is 6.28. The van der Waals surface area contributed by atoms with E-state index in [1.54, 1.807) is 22.9 Å². The first-order valence-electron chi connectivity index (χ1n) is 8.53. The number of hydrogen-bond acceptors (Lipinski definition) is 4. The van der Waals surface area contributed by atoms with E-state index in [-0.39, 0.29) is 16.9 Å². The van der Waals surface area contributed by atoms with Crippen molar-refractivity contribution in [2.24, 2.45) is 5.73 Å². The van der Waals surface area contributed by atoms with Crippen molar-refractivity contribution >= 4 is 28.4 Å². The third kappa shape index (κ3) is 2.89.